The predicted molar refractivity (Wildman–Crippen MR) is 78.3 cm³/mol. The van der Waals surface area contributed by atoms with Gasteiger partial charge in [0.25, 0.3) is 0 Å². The number of anilines is 1. The molecule has 1 aliphatic rings. The number of nitrogens with zero attached hydrogens (tertiary/aromatic N) is 1. The van der Waals surface area contributed by atoms with E-state index in [0.29, 0.717) is 4.90 Å². The van der Waals surface area contributed by atoms with Gasteiger partial charge in [0.1, 0.15) is 0 Å². The molecule has 0 saturated carbocycles. The van der Waals surface area contributed by atoms with Crippen molar-refractivity contribution < 1.29 is 13.2 Å². The van der Waals surface area contributed by atoms with Gasteiger partial charge < -0.3 is 10.6 Å². The molecular formula is C14H20N2O3S. The molecule has 0 aliphatic carbocycles. The first-order valence-corrected chi connectivity index (χ1v) is 8.46. The van der Waals surface area contributed by atoms with Gasteiger partial charge in [0.2, 0.25) is 5.91 Å². The third kappa shape index (κ3) is 3.12. The summed E-state index contributed by atoms with van der Waals surface area (Å²) in [5, 5.41) is 0. The highest BCUT2D eigenvalue weighted by molar-refractivity contribution is 7.91. The minimum atomic E-state index is -3.15. The zero-order chi connectivity index (χ0) is 14.8. The number of nitrogens with two attached hydrogens (primary N) is 1. The lowest BCUT2D eigenvalue weighted by Crippen LogP contribution is -2.38. The summed E-state index contributed by atoms with van der Waals surface area (Å²) >= 11 is 0. The number of primary amides is 1. The van der Waals surface area contributed by atoms with Crippen molar-refractivity contribution in [1.29, 1.82) is 0 Å². The van der Waals surface area contributed by atoms with Gasteiger partial charge in [-0.3, -0.25) is 4.79 Å². The third-order valence-corrected chi connectivity index (χ3v) is 5.59. The number of benzene rings is 1. The third-order valence-electron chi connectivity index (χ3n) is 3.84. The largest absolute Gasteiger partial charge is 0.371 e. The maximum absolute atomic E-state index is 11.7. The van der Waals surface area contributed by atoms with E-state index >= 15 is 0 Å². The van der Waals surface area contributed by atoms with Gasteiger partial charge in [0, 0.05) is 24.7 Å². The molecule has 20 heavy (non-hydrogen) atoms. The Morgan fingerprint density at radius 2 is 1.80 bits per heavy atom. The molecule has 0 aromatic heterocycles. The molecule has 1 heterocycles. The quantitative estimate of drug-likeness (QED) is 0.904. The molecule has 1 saturated heterocycles. The van der Waals surface area contributed by atoms with Crippen LogP contribution in [0.4, 0.5) is 5.69 Å². The van der Waals surface area contributed by atoms with E-state index in [2.05, 4.69) is 4.90 Å². The monoisotopic (exact) mass is 296 g/mol. The van der Waals surface area contributed by atoms with Gasteiger partial charge >= 0.3 is 0 Å². The SMILES string of the molecule is CCS(=O)(=O)c1ccc(N2CCC(C(N)=O)CC2)cc1. The molecule has 1 fully saturated rings. The first-order valence-electron chi connectivity index (χ1n) is 6.81. The molecule has 0 radical (unpaired) electrons. The number of rotatable bonds is 4. The van der Waals surface area contributed by atoms with Gasteiger partial charge in [-0.1, -0.05) is 6.92 Å². The number of carbonyl (C=O) groups excluding carboxylic acids is 1. The molecule has 6 heteroatoms. The summed E-state index contributed by atoms with van der Waals surface area (Å²) in [6.07, 6.45) is 1.51. The Morgan fingerprint density at radius 1 is 1.25 bits per heavy atom. The zero-order valence-corrected chi connectivity index (χ0v) is 12.4. The molecule has 5 nitrogen and oxygen atoms in total. The van der Waals surface area contributed by atoms with Crippen LogP contribution in [0.1, 0.15) is 19.8 Å². The molecule has 0 unspecified atom stereocenters. The van der Waals surface area contributed by atoms with Crippen LogP contribution in [-0.4, -0.2) is 33.2 Å². The number of amides is 1. The van der Waals surface area contributed by atoms with E-state index in [0.717, 1.165) is 31.6 Å². The number of hydrogen-bond acceptors (Lipinski definition) is 4. The highest BCUT2D eigenvalue weighted by Gasteiger charge is 2.23. The van der Waals surface area contributed by atoms with E-state index < -0.39 is 9.84 Å². The van der Waals surface area contributed by atoms with Crippen molar-refractivity contribution in [2.75, 3.05) is 23.7 Å². The van der Waals surface area contributed by atoms with Crippen LogP contribution in [0.15, 0.2) is 29.2 Å². The van der Waals surface area contributed by atoms with Crippen LogP contribution < -0.4 is 10.6 Å². The van der Waals surface area contributed by atoms with Crippen molar-refractivity contribution >= 4 is 21.4 Å². The fourth-order valence-electron chi connectivity index (χ4n) is 2.45. The number of piperidine rings is 1. The first-order chi connectivity index (χ1) is 9.44. The van der Waals surface area contributed by atoms with Gasteiger partial charge in [-0.15, -0.1) is 0 Å². The van der Waals surface area contributed by atoms with Gasteiger partial charge in [0.05, 0.1) is 10.6 Å². The topological polar surface area (TPSA) is 80.5 Å². The van der Waals surface area contributed by atoms with E-state index in [1.807, 2.05) is 12.1 Å². The van der Waals surface area contributed by atoms with Crippen LogP contribution in [0.3, 0.4) is 0 Å². The minimum absolute atomic E-state index is 0.0361. The predicted octanol–water partition coefficient (Wildman–Crippen LogP) is 1.18. The summed E-state index contributed by atoms with van der Waals surface area (Å²) in [7, 11) is -3.15. The van der Waals surface area contributed by atoms with Crippen molar-refractivity contribution in [2.24, 2.45) is 11.7 Å². The lowest BCUT2D eigenvalue weighted by atomic mass is 9.96. The molecule has 1 aromatic rings. The maximum Gasteiger partial charge on any atom is 0.220 e. The van der Waals surface area contributed by atoms with E-state index in [9.17, 15) is 13.2 Å². The molecule has 2 N–H and O–H groups in total. The summed E-state index contributed by atoms with van der Waals surface area (Å²) in [6.45, 7) is 3.18. The highest BCUT2D eigenvalue weighted by Crippen LogP contribution is 2.24. The molecule has 2 rings (SSSR count). The lowest BCUT2D eigenvalue weighted by molar-refractivity contribution is -0.122. The molecule has 1 amide bonds. The first kappa shape index (κ1) is 14.8. The fraction of sp³-hybridized carbons (Fsp3) is 0.500. The molecule has 0 spiro atoms. The van der Waals surface area contributed by atoms with E-state index in [4.69, 9.17) is 5.73 Å². The van der Waals surface area contributed by atoms with Crippen molar-refractivity contribution in [2.45, 2.75) is 24.7 Å². The van der Waals surface area contributed by atoms with Crippen molar-refractivity contribution in [3.63, 3.8) is 0 Å². The van der Waals surface area contributed by atoms with Crippen LogP contribution in [0, 0.1) is 5.92 Å². The molecule has 110 valence electrons. The average molecular weight is 296 g/mol. The van der Waals surface area contributed by atoms with Gasteiger partial charge in [0.15, 0.2) is 9.84 Å². The Morgan fingerprint density at radius 3 is 2.25 bits per heavy atom. The second-order valence-corrected chi connectivity index (χ2v) is 7.34. The number of carbonyl (C=O) groups is 1. The zero-order valence-electron chi connectivity index (χ0n) is 11.6. The summed E-state index contributed by atoms with van der Waals surface area (Å²) in [5.41, 5.74) is 6.30. The van der Waals surface area contributed by atoms with Gasteiger partial charge in [-0.2, -0.15) is 0 Å². The van der Waals surface area contributed by atoms with Crippen LogP contribution in [0.2, 0.25) is 0 Å². The molecule has 0 atom stereocenters. The summed E-state index contributed by atoms with van der Waals surface area (Å²) in [4.78, 5) is 13.6. The maximum atomic E-state index is 11.7. The highest BCUT2D eigenvalue weighted by atomic mass is 32.2. The van der Waals surface area contributed by atoms with E-state index in [1.165, 1.54) is 0 Å². The smallest absolute Gasteiger partial charge is 0.220 e. The average Bonchev–Trinajstić information content (AvgIpc) is 2.47. The van der Waals surface area contributed by atoms with Crippen LogP contribution >= 0.6 is 0 Å². The van der Waals surface area contributed by atoms with Gasteiger partial charge in [-0.05, 0) is 37.1 Å². The van der Waals surface area contributed by atoms with Crippen LogP contribution in [0.5, 0.6) is 0 Å². The Labute approximate surface area is 119 Å². The second kappa shape index (κ2) is 5.83. The summed E-state index contributed by atoms with van der Waals surface area (Å²) < 4.78 is 23.5. The van der Waals surface area contributed by atoms with Crippen molar-refractivity contribution in [3.05, 3.63) is 24.3 Å². The normalized spacial score (nSPS) is 17.1. The summed E-state index contributed by atoms with van der Waals surface area (Å²) in [5.74, 6) is -0.156. The second-order valence-electron chi connectivity index (χ2n) is 5.06. The van der Waals surface area contributed by atoms with E-state index in [-0.39, 0.29) is 17.6 Å². The number of sulfone groups is 1. The Hall–Kier alpha value is -1.56. The van der Waals surface area contributed by atoms with E-state index in [1.54, 1.807) is 19.1 Å². The van der Waals surface area contributed by atoms with Crippen LogP contribution in [-0.2, 0) is 14.6 Å². The molecular weight excluding hydrogens is 276 g/mol. The molecule has 1 aliphatic heterocycles. The number of hydrogen-bond donors (Lipinski definition) is 1. The van der Waals surface area contributed by atoms with Crippen molar-refractivity contribution in [1.82, 2.24) is 0 Å². The molecule has 1 aromatic carbocycles. The standard InChI is InChI=1S/C14H20N2O3S/c1-2-20(18,19)13-5-3-12(4-6-13)16-9-7-11(8-10-16)14(15)17/h3-6,11H,2,7-10H2,1H3,(H2,15,17). The Balaban J connectivity index is 2.07. The Bertz CT molecular complexity index is 573. The lowest BCUT2D eigenvalue weighted by Gasteiger charge is -2.32. The fourth-order valence-corrected chi connectivity index (χ4v) is 3.34. The minimum Gasteiger partial charge on any atom is -0.371 e. The van der Waals surface area contributed by atoms with Crippen LogP contribution in [0.25, 0.3) is 0 Å². The van der Waals surface area contributed by atoms with Gasteiger partial charge in [-0.25, -0.2) is 8.42 Å². The molecule has 0 bridgehead atoms. The Kier molecular flexibility index (Phi) is 4.32. The van der Waals surface area contributed by atoms with Crippen molar-refractivity contribution in [3.8, 4) is 0 Å². The summed E-state index contributed by atoms with van der Waals surface area (Å²) in [6, 6.07) is 6.95.